The van der Waals surface area contributed by atoms with Gasteiger partial charge in [0.25, 0.3) is 0 Å². The Bertz CT molecular complexity index is 914. The molecule has 0 radical (unpaired) electrons. The molecule has 138 valence electrons. The van der Waals surface area contributed by atoms with E-state index in [-0.39, 0.29) is 34.1 Å². The van der Waals surface area contributed by atoms with E-state index in [2.05, 4.69) is 10.3 Å². The number of rotatable bonds is 4. The summed E-state index contributed by atoms with van der Waals surface area (Å²) in [6.45, 7) is 0.989. The molecule has 0 unspecified atom stereocenters. The van der Waals surface area contributed by atoms with Gasteiger partial charge in [0.05, 0.1) is 35.0 Å². The van der Waals surface area contributed by atoms with Gasteiger partial charge < -0.3 is 9.63 Å². The summed E-state index contributed by atoms with van der Waals surface area (Å²) in [4.78, 5) is 0. The fraction of sp³-hybridized carbons (Fsp3) is 0.250. The smallest absolute Gasteiger partial charge is 0.391 e. The highest BCUT2D eigenvalue weighted by molar-refractivity contribution is 6.33. The first-order valence-corrected chi connectivity index (χ1v) is 7.79. The Kier molecular flexibility index (Phi) is 4.76. The third-order valence-corrected chi connectivity index (χ3v) is 3.85. The molecule has 2 heterocycles. The predicted octanol–water partition coefficient (Wildman–Crippen LogP) is 4.40. The SMILES string of the molecule is C[C@@H](O)Cn1ncc(-c2cc(-c3c(F)cccc3Cl)no2)c1C(F)(F)F. The first-order chi connectivity index (χ1) is 12.2. The van der Waals surface area contributed by atoms with Crippen LogP contribution in [0, 0.1) is 5.82 Å². The summed E-state index contributed by atoms with van der Waals surface area (Å²) < 4.78 is 59.9. The Morgan fingerprint density at radius 2 is 2.08 bits per heavy atom. The quantitative estimate of drug-likeness (QED) is 0.672. The van der Waals surface area contributed by atoms with Crippen LogP contribution in [-0.2, 0) is 12.7 Å². The van der Waals surface area contributed by atoms with Crippen LogP contribution in [0.15, 0.2) is 35.0 Å². The Morgan fingerprint density at radius 3 is 2.69 bits per heavy atom. The van der Waals surface area contributed by atoms with Crippen molar-refractivity contribution in [1.29, 1.82) is 0 Å². The molecule has 0 aliphatic carbocycles. The number of nitrogens with zero attached hydrogens (tertiary/aromatic N) is 3. The summed E-state index contributed by atoms with van der Waals surface area (Å²) in [6.07, 6.45) is -4.83. The van der Waals surface area contributed by atoms with Crippen LogP contribution in [0.1, 0.15) is 12.6 Å². The van der Waals surface area contributed by atoms with Crippen molar-refractivity contribution >= 4 is 11.6 Å². The fourth-order valence-corrected chi connectivity index (χ4v) is 2.78. The maximum atomic E-state index is 14.0. The summed E-state index contributed by atoms with van der Waals surface area (Å²) in [5.41, 5.74) is -1.58. The third-order valence-electron chi connectivity index (χ3n) is 3.54. The summed E-state index contributed by atoms with van der Waals surface area (Å²) in [6, 6.07) is 5.13. The molecule has 0 saturated heterocycles. The van der Waals surface area contributed by atoms with E-state index in [4.69, 9.17) is 16.1 Å². The van der Waals surface area contributed by atoms with Gasteiger partial charge >= 0.3 is 6.18 Å². The second-order valence-electron chi connectivity index (χ2n) is 5.61. The number of hydrogen-bond donors (Lipinski definition) is 1. The van der Waals surface area contributed by atoms with E-state index in [0.717, 1.165) is 18.3 Å². The van der Waals surface area contributed by atoms with E-state index in [1.54, 1.807) is 0 Å². The van der Waals surface area contributed by atoms with E-state index in [1.807, 2.05) is 0 Å². The third kappa shape index (κ3) is 3.45. The van der Waals surface area contributed by atoms with E-state index in [1.165, 1.54) is 19.1 Å². The molecule has 0 aliphatic rings. The lowest BCUT2D eigenvalue weighted by atomic mass is 10.1. The molecule has 0 aliphatic heterocycles. The summed E-state index contributed by atoms with van der Waals surface area (Å²) in [5, 5.41) is 16.7. The van der Waals surface area contributed by atoms with Crippen molar-refractivity contribution in [3.8, 4) is 22.6 Å². The summed E-state index contributed by atoms with van der Waals surface area (Å²) >= 11 is 5.94. The molecule has 0 spiro atoms. The maximum Gasteiger partial charge on any atom is 0.433 e. The lowest BCUT2D eigenvalue weighted by Gasteiger charge is -2.12. The topological polar surface area (TPSA) is 64.1 Å². The highest BCUT2D eigenvalue weighted by atomic mass is 35.5. The molecule has 0 fully saturated rings. The molecule has 0 saturated carbocycles. The second kappa shape index (κ2) is 6.73. The van der Waals surface area contributed by atoms with Gasteiger partial charge in [-0.1, -0.05) is 22.8 Å². The standard InChI is InChI=1S/C16H12ClF4N3O2/c1-8(25)7-24-15(16(19,20)21)9(6-22-24)13-5-12(23-26-13)14-10(17)3-2-4-11(14)18/h2-6,8,25H,7H2,1H3/t8-/m1/s1. The number of aliphatic hydroxyl groups excluding tert-OH is 1. The van der Waals surface area contributed by atoms with Crippen LogP contribution in [0.5, 0.6) is 0 Å². The van der Waals surface area contributed by atoms with Crippen molar-refractivity contribution in [3.63, 3.8) is 0 Å². The molecule has 5 nitrogen and oxygen atoms in total. The Morgan fingerprint density at radius 1 is 1.35 bits per heavy atom. The molecule has 26 heavy (non-hydrogen) atoms. The first kappa shape index (κ1) is 18.4. The molecule has 1 atom stereocenters. The van der Waals surface area contributed by atoms with Crippen LogP contribution in [0.25, 0.3) is 22.6 Å². The van der Waals surface area contributed by atoms with Crippen LogP contribution < -0.4 is 0 Å². The fourth-order valence-electron chi connectivity index (χ4n) is 2.52. The molecule has 0 bridgehead atoms. The summed E-state index contributed by atoms with van der Waals surface area (Å²) in [5.74, 6) is -0.929. The van der Waals surface area contributed by atoms with Gasteiger partial charge in [0, 0.05) is 6.07 Å². The van der Waals surface area contributed by atoms with Crippen LogP contribution in [0.3, 0.4) is 0 Å². The zero-order valence-electron chi connectivity index (χ0n) is 13.3. The van der Waals surface area contributed by atoms with Gasteiger partial charge in [-0.15, -0.1) is 0 Å². The predicted molar refractivity (Wildman–Crippen MR) is 84.8 cm³/mol. The zero-order valence-corrected chi connectivity index (χ0v) is 14.0. The number of aliphatic hydroxyl groups is 1. The van der Waals surface area contributed by atoms with Crippen molar-refractivity contribution in [3.05, 3.63) is 47.0 Å². The molecule has 3 rings (SSSR count). The molecule has 0 amide bonds. The number of hydrogen-bond acceptors (Lipinski definition) is 4. The van der Waals surface area contributed by atoms with Gasteiger partial charge in [0.2, 0.25) is 0 Å². The van der Waals surface area contributed by atoms with Gasteiger partial charge in [-0.3, -0.25) is 4.68 Å². The molecule has 3 aromatic rings. The normalized spacial score (nSPS) is 13.2. The summed E-state index contributed by atoms with van der Waals surface area (Å²) in [7, 11) is 0. The highest BCUT2D eigenvalue weighted by Crippen LogP contribution is 2.39. The number of alkyl halides is 3. The minimum absolute atomic E-state index is 0.0421. The second-order valence-corrected chi connectivity index (χ2v) is 6.02. The Hall–Kier alpha value is -2.39. The Balaban J connectivity index is 2.09. The maximum absolute atomic E-state index is 14.0. The van der Waals surface area contributed by atoms with Gasteiger partial charge in [0.1, 0.15) is 11.5 Å². The van der Waals surface area contributed by atoms with Crippen molar-refractivity contribution in [2.45, 2.75) is 25.7 Å². The van der Waals surface area contributed by atoms with E-state index in [0.29, 0.717) is 4.68 Å². The van der Waals surface area contributed by atoms with Crippen LogP contribution in [0.4, 0.5) is 17.6 Å². The van der Waals surface area contributed by atoms with Crippen molar-refractivity contribution in [2.24, 2.45) is 0 Å². The van der Waals surface area contributed by atoms with Crippen molar-refractivity contribution < 1.29 is 27.2 Å². The number of benzene rings is 1. The highest BCUT2D eigenvalue weighted by Gasteiger charge is 2.39. The monoisotopic (exact) mass is 389 g/mol. The van der Waals surface area contributed by atoms with E-state index < -0.39 is 23.8 Å². The van der Waals surface area contributed by atoms with Gasteiger partial charge in [-0.2, -0.15) is 18.3 Å². The van der Waals surface area contributed by atoms with Crippen LogP contribution in [-0.4, -0.2) is 26.1 Å². The Labute approximate surface area is 149 Å². The average molecular weight is 390 g/mol. The van der Waals surface area contributed by atoms with Gasteiger partial charge in [-0.25, -0.2) is 4.39 Å². The molecular formula is C16H12ClF4N3O2. The molecule has 1 aromatic carbocycles. The molecule has 2 aromatic heterocycles. The zero-order chi connectivity index (χ0) is 19.1. The van der Waals surface area contributed by atoms with Crippen LogP contribution >= 0.6 is 11.6 Å². The van der Waals surface area contributed by atoms with Gasteiger partial charge in [-0.05, 0) is 19.1 Å². The van der Waals surface area contributed by atoms with Crippen molar-refractivity contribution in [2.75, 3.05) is 0 Å². The lowest BCUT2D eigenvalue weighted by molar-refractivity contribution is -0.144. The van der Waals surface area contributed by atoms with E-state index >= 15 is 0 Å². The molecule has 1 N–H and O–H groups in total. The van der Waals surface area contributed by atoms with Crippen LogP contribution in [0.2, 0.25) is 5.02 Å². The number of aromatic nitrogens is 3. The van der Waals surface area contributed by atoms with Crippen molar-refractivity contribution in [1.82, 2.24) is 14.9 Å². The first-order valence-electron chi connectivity index (χ1n) is 7.41. The van der Waals surface area contributed by atoms with E-state index in [9.17, 15) is 22.7 Å². The molecule has 10 heteroatoms. The molecular weight excluding hydrogens is 378 g/mol. The average Bonchev–Trinajstić information content (AvgIpc) is 3.12. The minimum Gasteiger partial charge on any atom is -0.391 e. The number of halogens is 5. The largest absolute Gasteiger partial charge is 0.433 e. The minimum atomic E-state index is -4.75. The van der Waals surface area contributed by atoms with Gasteiger partial charge in [0.15, 0.2) is 11.5 Å². The lowest BCUT2D eigenvalue weighted by Crippen LogP contribution is -2.20.